The van der Waals surface area contributed by atoms with Crippen molar-refractivity contribution in [1.82, 2.24) is 14.1 Å². The van der Waals surface area contributed by atoms with Crippen molar-refractivity contribution in [2.45, 2.75) is 39.1 Å². The lowest BCUT2D eigenvalue weighted by molar-refractivity contribution is 0.579. The van der Waals surface area contributed by atoms with Crippen LogP contribution in [-0.2, 0) is 16.6 Å². The molecule has 2 heterocycles. The van der Waals surface area contributed by atoms with Gasteiger partial charge in [0, 0.05) is 12.4 Å². The summed E-state index contributed by atoms with van der Waals surface area (Å²) in [4.78, 5) is 4.82. The summed E-state index contributed by atoms with van der Waals surface area (Å²) in [6, 6.07) is 7.72. The quantitative estimate of drug-likeness (QED) is 0.792. The highest BCUT2D eigenvalue weighted by molar-refractivity contribution is 7.89. The third kappa shape index (κ3) is 3.20. The molecule has 3 aromatic rings. The van der Waals surface area contributed by atoms with Crippen LogP contribution < -0.4 is 4.72 Å². The van der Waals surface area contributed by atoms with Crippen LogP contribution in [0, 0.1) is 27.7 Å². The van der Waals surface area contributed by atoms with Gasteiger partial charge in [-0.3, -0.25) is 0 Å². The molecule has 24 heavy (non-hydrogen) atoms. The maximum Gasteiger partial charge on any atom is 0.241 e. The molecule has 6 heteroatoms. The van der Waals surface area contributed by atoms with Crippen LogP contribution in [0.3, 0.4) is 0 Å². The van der Waals surface area contributed by atoms with Gasteiger partial charge in [-0.05, 0) is 56.5 Å². The van der Waals surface area contributed by atoms with Crippen LogP contribution in [0.15, 0.2) is 41.6 Å². The Kier molecular flexibility index (Phi) is 4.19. The SMILES string of the molecule is Cc1cc(C)c(S(=O)(=O)NCc2cn3ccc(C)cc3n2)c(C)c1. The summed E-state index contributed by atoms with van der Waals surface area (Å²) < 4.78 is 29.9. The Labute approximate surface area is 142 Å². The minimum Gasteiger partial charge on any atom is -0.307 e. The number of aryl methyl sites for hydroxylation is 4. The predicted molar refractivity (Wildman–Crippen MR) is 94.6 cm³/mol. The van der Waals surface area contributed by atoms with Crippen molar-refractivity contribution in [3.05, 3.63) is 64.6 Å². The molecule has 0 saturated heterocycles. The fourth-order valence-electron chi connectivity index (χ4n) is 3.05. The second-order valence-electron chi connectivity index (χ2n) is 6.25. The zero-order valence-corrected chi connectivity index (χ0v) is 15.1. The molecule has 1 N–H and O–H groups in total. The topological polar surface area (TPSA) is 63.5 Å². The van der Waals surface area contributed by atoms with E-state index in [2.05, 4.69) is 9.71 Å². The van der Waals surface area contributed by atoms with Gasteiger partial charge in [0.15, 0.2) is 0 Å². The summed E-state index contributed by atoms with van der Waals surface area (Å²) in [5, 5.41) is 0. The van der Waals surface area contributed by atoms with Crippen LogP contribution in [0.2, 0.25) is 0 Å². The van der Waals surface area contributed by atoms with Crippen LogP contribution in [-0.4, -0.2) is 17.8 Å². The lowest BCUT2D eigenvalue weighted by atomic mass is 10.1. The molecular weight excluding hydrogens is 322 g/mol. The van der Waals surface area contributed by atoms with Crippen molar-refractivity contribution in [2.24, 2.45) is 0 Å². The van der Waals surface area contributed by atoms with Crippen LogP contribution in [0.4, 0.5) is 0 Å². The molecule has 0 radical (unpaired) electrons. The second kappa shape index (κ2) is 6.03. The van der Waals surface area contributed by atoms with Gasteiger partial charge >= 0.3 is 0 Å². The van der Waals surface area contributed by atoms with Gasteiger partial charge in [-0.25, -0.2) is 18.1 Å². The first-order valence-corrected chi connectivity index (χ1v) is 9.26. The first kappa shape index (κ1) is 16.7. The number of aromatic nitrogens is 2. The zero-order chi connectivity index (χ0) is 17.5. The monoisotopic (exact) mass is 343 g/mol. The van der Waals surface area contributed by atoms with Crippen LogP contribution in [0.25, 0.3) is 5.65 Å². The van der Waals surface area contributed by atoms with Crippen molar-refractivity contribution < 1.29 is 8.42 Å². The summed E-state index contributed by atoms with van der Waals surface area (Å²) in [5.41, 5.74) is 5.18. The maximum atomic E-state index is 12.7. The number of nitrogens with one attached hydrogen (secondary N) is 1. The fraction of sp³-hybridized carbons (Fsp3) is 0.278. The Morgan fingerprint density at radius 3 is 2.38 bits per heavy atom. The number of pyridine rings is 1. The molecule has 5 nitrogen and oxygen atoms in total. The molecule has 0 aliphatic carbocycles. The molecule has 0 unspecified atom stereocenters. The normalized spacial score (nSPS) is 12.0. The average molecular weight is 343 g/mol. The van der Waals surface area contributed by atoms with E-state index in [9.17, 15) is 8.42 Å². The van der Waals surface area contributed by atoms with Gasteiger partial charge in [-0.1, -0.05) is 17.7 Å². The van der Waals surface area contributed by atoms with Gasteiger partial charge in [-0.15, -0.1) is 0 Å². The number of rotatable bonds is 4. The molecule has 0 bridgehead atoms. The Morgan fingerprint density at radius 1 is 1.04 bits per heavy atom. The van der Waals surface area contributed by atoms with Crippen LogP contribution >= 0.6 is 0 Å². The second-order valence-corrected chi connectivity index (χ2v) is 7.96. The van der Waals surface area contributed by atoms with E-state index in [-0.39, 0.29) is 6.54 Å². The molecule has 0 spiro atoms. The molecule has 0 amide bonds. The Bertz CT molecular complexity index is 997. The number of imidazole rings is 1. The summed E-state index contributed by atoms with van der Waals surface area (Å²) in [6.07, 6.45) is 3.76. The van der Waals surface area contributed by atoms with Gasteiger partial charge < -0.3 is 4.40 Å². The molecule has 0 aliphatic rings. The Hall–Kier alpha value is -2.18. The van der Waals surface area contributed by atoms with Gasteiger partial charge in [-0.2, -0.15) is 0 Å². The lowest BCUT2D eigenvalue weighted by Gasteiger charge is -2.12. The summed E-state index contributed by atoms with van der Waals surface area (Å²) in [6.45, 7) is 7.77. The number of hydrogen-bond acceptors (Lipinski definition) is 3. The molecule has 3 rings (SSSR count). The van der Waals surface area contributed by atoms with E-state index >= 15 is 0 Å². The smallest absolute Gasteiger partial charge is 0.241 e. The van der Waals surface area contributed by atoms with Crippen molar-refractivity contribution in [1.29, 1.82) is 0 Å². The molecule has 126 valence electrons. The van der Waals surface area contributed by atoms with Crippen LogP contribution in [0.1, 0.15) is 27.9 Å². The van der Waals surface area contributed by atoms with E-state index in [4.69, 9.17) is 0 Å². The van der Waals surface area contributed by atoms with E-state index in [1.54, 1.807) is 0 Å². The van der Waals surface area contributed by atoms with Crippen LogP contribution in [0.5, 0.6) is 0 Å². The standard InChI is InChI=1S/C18H21N3O2S/c1-12-5-6-21-11-16(20-17(21)9-12)10-19-24(22,23)18-14(3)7-13(2)8-15(18)4/h5-9,11,19H,10H2,1-4H3. The Morgan fingerprint density at radius 2 is 1.71 bits per heavy atom. The molecule has 1 aromatic carbocycles. The summed E-state index contributed by atoms with van der Waals surface area (Å²) >= 11 is 0. The lowest BCUT2D eigenvalue weighted by Crippen LogP contribution is -2.25. The third-order valence-corrected chi connectivity index (χ3v) is 5.69. The molecule has 2 aromatic heterocycles. The Balaban J connectivity index is 1.87. The van der Waals surface area contributed by atoms with E-state index < -0.39 is 10.0 Å². The van der Waals surface area contributed by atoms with Gasteiger partial charge in [0.1, 0.15) is 5.65 Å². The molecule has 0 aliphatic heterocycles. The largest absolute Gasteiger partial charge is 0.307 e. The van der Waals surface area contributed by atoms with E-state index in [0.717, 1.165) is 27.9 Å². The highest BCUT2D eigenvalue weighted by Gasteiger charge is 2.20. The number of nitrogens with zero attached hydrogens (tertiary/aromatic N) is 2. The third-order valence-electron chi connectivity index (χ3n) is 3.98. The minimum absolute atomic E-state index is 0.163. The highest BCUT2D eigenvalue weighted by Crippen LogP contribution is 2.21. The van der Waals surface area contributed by atoms with Crippen molar-refractivity contribution in [3.8, 4) is 0 Å². The van der Waals surface area contributed by atoms with Gasteiger partial charge in [0.05, 0.1) is 17.1 Å². The first-order chi connectivity index (χ1) is 11.3. The molecule has 0 atom stereocenters. The highest BCUT2D eigenvalue weighted by atomic mass is 32.2. The number of fused-ring (bicyclic) bond motifs is 1. The number of hydrogen-bond donors (Lipinski definition) is 1. The first-order valence-electron chi connectivity index (χ1n) is 7.78. The molecule has 0 fully saturated rings. The average Bonchev–Trinajstić information content (AvgIpc) is 2.85. The van der Waals surface area contributed by atoms with E-state index in [1.807, 2.05) is 68.8 Å². The van der Waals surface area contributed by atoms with Crippen molar-refractivity contribution in [2.75, 3.05) is 0 Å². The molecular formula is C18H21N3O2S. The summed E-state index contributed by atoms with van der Waals surface area (Å²) in [7, 11) is -3.58. The fourth-order valence-corrected chi connectivity index (χ4v) is 4.50. The van der Waals surface area contributed by atoms with Gasteiger partial charge in [0.25, 0.3) is 0 Å². The number of sulfonamides is 1. The van der Waals surface area contributed by atoms with Crippen molar-refractivity contribution in [3.63, 3.8) is 0 Å². The maximum absolute atomic E-state index is 12.7. The van der Waals surface area contributed by atoms with E-state index in [1.165, 1.54) is 0 Å². The summed E-state index contributed by atoms with van der Waals surface area (Å²) in [5.74, 6) is 0. The zero-order valence-electron chi connectivity index (χ0n) is 14.3. The van der Waals surface area contributed by atoms with Crippen molar-refractivity contribution >= 4 is 15.7 Å². The molecule has 0 saturated carbocycles. The van der Waals surface area contributed by atoms with Gasteiger partial charge in [0.2, 0.25) is 10.0 Å². The minimum atomic E-state index is -3.58. The van der Waals surface area contributed by atoms with E-state index in [0.29, 0.717) is 10.6 Å². The number of benzene rings is 1. The predicted octanol–water partition coefficient (Wildman–Crippen LogP) is 3.05.